The molecule has 0 bridgehead atoms. The number of primary amides is 1. The summed E-state index contributed by atoms with van der Waals surface area (Å²) in [6, 6.07) is 13.0. The van der Waals surface area contributed by atoms with E-state index in [1.54, 1.807) is 0 Å². The van der Waals surface area contributed by atoms with E-state index >= 15 is 0 Å². The van der Waals surface area contributed by atoms with E-state index in [0.717, 1.165) is 10.4 Å². The molecular weight excluding hydrogens is 522 g/mol. The number of nitrogens with two attached hydrogens (primary N) is 1. The summed E-state index contributed by atoms with van der Waals surface area (Å²) < 4.78 is 21.1. The van der Waals surface area contributed by atoms with E-state index in [4.69, 9.17) is 24.7 Å². The number of esters is 1. The lowest BCUT2D eigenvalue weighted by atomic mass is 9.98. The molecule has 2 atom stereocenters. The molecule has 2 aliphatic heterocycles. The maximum atomic E-state index is 13.4. The zero-order valence-electron chi connectivity index (χ0n) is 19.8. The van der Waals surface area contributed by atoms with Gasteiger partial charge in [0.05, 0.1) is 13.0 Å². The number of rotatable bonds is 11. The Morgan fingerprint density at radius 3 is 2.59 bits per heavy atom. The Bertz CT molecular complexity index is 1190. The van der Waals surface area contributed by atoms with Crippen LogP contribution in [0.2, 0.25) is 0 Å². The predicted octanol–water partition coefficient (Wildman–Crippen LogP) is 1.73. The number of nitrogens with zero attached hydrogens (tertiary/aromatic N) is 1. The fourth-order valence-corrected chi connectivity index (χ4v) is 6.04. The molecule has 1 aromatic carbocycles. The van der Waals surface area contributed by atoms with Crippen molar-refractivity contribution in [2.24, 2.45) is 5.73 Å². The van der Waals surface area contributed by atoms with Gasteiger partial charge in [-0.05, 0) is 17.0 Å². The third kappa shape index (κ3) is 5.80. The summed E-state index contributed by atoms with van der Waals surface area (Å²) in [7, 11) is 1.31. The maximum Gasteiger partial charge on any atom is 0.404 e. The Hall–Kier alpha value is -3.39. The van der Waals surface area contributed by atoms with Gasteiger partial charge >= 0.3 is 12.1 Å². The molecule has 0 radical (unpaired) electrons. The topological polar surface area (TPSA) is 146 Å². The van der Waals surface area contributed by atoms with Crippen LogP contribution in [0.15, 0.2) is 59.1 Å². The molecular formula is C24H25N3O8S2. The van der Waals surface area contributed by atoms with Gasteiger partial charge in [0.25, 0.3) is 11.6 Å². The lowest BCUT2D eigenvalue weighted by Crippen LogP contribution is -2.80. The first-order chi connectivity index (χ1) is 17.9. The van der Waals surface area contributed by atoms with Crippen molar-refractivity contribution in [3.63, 3.8) is 0 Å². The molecule has 0 saturated carbocycles. The fourth-order valence-electron chi connectivity index (χ4n) is 3.92. The van der Waals surface area contributed by atoms with E-state index in [-0.39, 0.29) is 37.9 Å². The third-order valence-electron chi connectivity index (χ3n) is 5.64. The second kappa shape index (κ2) is 11.8. The summed E-state index contributed by atoms with van der Waals surface area (Å²) in [6.45, 7) is -0.457. The number of thioether (sulfide) groups is 1. The van der Waals surface area contributed by atoms with E-state index in [0.29, 0.717) is 5.57 Å². The van der Waals surface area contributed by atoms with Crippen LogP contribution in [-0.4, -0.2) is 66.1 Å². The SMILES string of the molecule is CO[C@@]1(NC(=O)Cc2cccs2)C(=O)N2C(C(=O)OCOCc3ccccc3)=C(COC(N)=O)CS[C@@H]21. The smallest absolute Gasteiger partial charge is 0.404 e. The highest BCUT2D eigenvalue weighted by Crippen LogP contribution is 2.47. The Morgan fingerprint density at radius 1 is 1.14 bits per heavy atom. The van der Waals surface area contributed by atoms with Gasteiger partial charge in [0, 0.05) is 23.3 Å². The monoisotopic (exact) mass is 547 g/mol. The third-order valence-corrected chi connectivity index (χ3v) is 7.89. The molecule has 13 heteroatoms. The highest BCUT2D eigenvalue weighted by molar-refractivity contribution is 8.00. The first-order valence-electron chi connectivity index (χ1n) is 11.1. The maximum absolute atomic E-state index is 13.4. The average molecular weight is 548 g/mol. The van der Waals surface area contributed by atoms with Crippen molar-refractivity contribution in [2.75, 3.05) is 26.3 Å². The summed E-state index contributed by atoms with van der Waals surface area (Å²) in [6.07, 6.45) is -0.949. The van der Waals surface area contributed by atoms with Crippen LogP contribution in [0.3, 0.4) is 0 Å². The normalized spacial score (nSPS) is 20.6. The Balaban J connectivity index is 1.47. The molecule has 2 aliphatic rings. The number of nitrogens with one attached hydrogen (secondary N) is 1. The van der Waals surface area contributed by atoms with Gasteiger partial charge in [-0.2, -0.15) is 0 Å². The standard InChI is InChI=1S/C24H25N3O8S2/c1-32-24(26-18(28)10-17-8-5-9-36-17)21(30)27-19(16(12-34-23(25)31)13-37-22(24)27)20(29)35-14-33-11-15-6-3-2-4-7-15/h2-9,22H,10-14H2,1H3,(H2,25,31)(H,26,28)/t22-,24+/m1/s1. The molecule has 196 valence electrons. The van der Waals surface area contributed by atoms with Crippen LogP contribution in [0.1, 0.15) is 10.4 Å². The lowest BCUT2D eigenvalue weighted by molar-refractivity contribution is -0.194. The van der Waals surface area contributed by atoms with Gasteiger partial charge in [0.15, 0.2) is 6.79 Å². The van der Waals surface area contributed by atoms with E-state index in [2.05, 4.69) is 5.32 Å². The molecule has 3 N–H and O–H groups in total. The molecule has 0 aliphatic carbocycles. The van der Waals surface area contributed by atoms with E-state index < -0.39 is 35.0 Å². The van der Waals surface area contributed by atoms with Gasteiger partial charge in [-0.1, -0.05) is 36.4 Å². The quantitative estimate of drug-likeness (QED) is 0.186. The highest BCUT2D eigenvalue weighted by atomic mass is 32.2. The number of carbonyl (C=O) groups is 4. The number of benzene rings is 1. The first-order valence-corrected chi connectivity index (χ1v) is 13.1. The predicted molar refractivity (Wildman–Crippen MR) is 134 cm³/mol. The van der Waals surface area contributed by atoms with Gasteiger partial charge in [0.1, 0.15) is 17.7 Å². The van der Waals surface area contributed by atoms with Gasteiger partial charge in [-0.15, -0.1) is 23.1 Å². The summed E-state index contributed by atoms with van der Waals surface area (Å²) in [5.74, 6) is -1.70. The first kappa shape index (κ1) is 26.7. The fraction of sp³-hybridized carbons (Fsp3) is 0.333. The molecule has 0 unspecified atom stereocenters. The van der Waals surface area contributed by atoms with Crippen molar-refractivity contribution in [3.8, 4) is 0 Å². The van der Waals surface area contributed by atoms with E-state index in [1.807, 2.05) is 47.8 Å². The number of ether oxygens (including phenoxy) is 4. The molecule has 37 heavy (non-hydrogen) atoms. The molecule has 1 fully saturated rings. The number of fused-ring (bicyclic) bond motifs is 1. The van der Waals surface area contributed by atoms with Crippen LogP contribution >= 0.6 is 23.1 Å². The van der Waals surface area contributed by atoms with Gasteiger partial charge < -0.3 is 30.0 Å². The molecule has 4 rings (SSSR count). The van der Waals surface area contributed by atoms with Gasteiger partial charge in [-0.25, -0.2) is 9.59 Å². The zero-order chi connectivity index (χ0) is 26.4. The molecule has 3 amide bonds. The van der Waals surface area contributed by atoms with E-state index in [9.17, 15) is 19.2 Å². The zero-order valence-corrected chi connectivity index (χ0v) is 21.5. The van der Waals surface area contributed by atoms with Crippen LogP contribution in [0.4, 0.5) is 4.79 Å². The van der Waals surface area contributed by atoms with Crippen molar-refractivity contribution >= 4 is 47.0 Å². The number of methoxy groups -OCH3 is 1. The highest BCUT2D eigenvalue weighted by Gasteiger charge is 2.66. The van der Waals surface area contributed by atoms with Gasteiger partial charge in [-0.3, -0.25) is 14.5 Å². The number of hydrogen-bond donors (Lipinski definition) is 2. The lowest BCUT2D eigenvalue weighted by Gasteiger charge is -2.55. The minimum atomic E-state index is -1.66. The van der Waals surface area contributed by atoms with Crippen molar-refractivity contribution < 1.29 is 38.1 Å². The Kier molecular flexibility index (Phi) is 8.48. The Labute approximate surface area is 220 Å². The second-order valence-corrected chi connectivity index (χ2v) is 10.1. The largest absolute Gasteiger partial charge is 0.445 e. The Morgan fingerprint density at radius 2 is 1.92 bits per heavy atom. The van der Waals surface area contributed by atoms with Crippen LogP contribution in [0.25, 0.3) is 0 Å². The summed E-state index contributed by atoms with van der Waals surface area (Å²) in [5, 5.41) is 3.79. The summed E-state index contributed by atoms with van der Waals surface area (Å²) >= 11 is 2.66. The number of carbonyl (C=O) groups excluding carboxylic acids is 4. The minimum absolute atomic E-state index is 0.0780. The number of amides is 3. The average Bonchev–Trinajstić information content (AvgIpc) is 3.41. The van der Waals surface area contributed by atoms with Crippen molar-refractivity contribution in [1.82, 2.24) is 10.2 Å². The van der Waals surface area contributed by atoms with Gasteiger partial charge in [0.2, 0.25) is 5.91 Å². The van der Waals surface area contributed by atoms with Crippen LogP contribution < -0.4 is 11.1 Å². The molecule has 3 heterocycles. The molecule has 2 aromatic rings. The number of β-lactam (4-membered cyclic amide) rings is 1. The van der Waals surface area contributed by atoms with Crippen LogP contribution in [0.5, 0.6) is 0 Å². The van der Waals surface area contributed by atoms with Crippen molar-refractivity contribution in [1.29, 1.82) is 0 Å². The molecule has 11 nitrogen and oxygen atoms in total. The summed E-state index contributed by atoms with van der Waals surface area (Å²) in [5.41, 5.74) is 4.55. The van der Waals surface area contributed by atoms with E-state index in [1.165, 1.54) is 35.1 Å². The molecule has 0 spiro atoms. The van der Waals surface area contributed by atoms with Crippen LogP contribution in [0, 0.1) is 0 Å². The molecule has 1 saturated heterocycles. The second-order valence-electron chi connectivity index (χ2n) is 8.03. The van der Waals surface area contributed by atoms with Crippen molar-refractivity contribution in [2.45, 2.75) is 24.1 Å². The minimum Gasteiger partial charge on any atom is -0.445 e. The number of hydrogen-bond acceptors (Lipinski definition) is 10. The number of thiophene rings is 1. The molecule has 1 aromatic heterocycles. The van der Waals surface area contributed by atoms with Crippen LogP contribution in [-0.2, 0) is 46.4 Å². The van der Waals surface area contributed by atoms with Crippen molar-refractivity contribution in [3.05, 3.63) is 69.6 Å². The summed E-state index contributed by atoms with van der Waals surface area (Å²) in [4.78, 5) is 52.3.